The van der Waals surface area contributed by atoms with Gasteiger partial charge in [-0.1, -0.05) is 13.8 Å². The van der Waals surface area contributed by atoms with E-state index in [1.165, 1.54) is 38.9 Å². The highest BCUT2D eigenvalue weighted by Gasteiger charge is 2.42. The smallest absolute Gasteiger partial charge is 0.00409 e. The predicted molar refractivity (Wildman–Crippen MR) is 47.6 cm³/mol. The van der Waals surface area contributed by atoms with Gasteiger partial charge < -0.3 is 4.90 Å². The SMILES string of the molecule is CC(C)C12CCCN(CC1)C2. The fourth-order valence-electron chi connectivity index (χ4n) is 2.79. The first kappa shape index (κ1) is 7.60. The number of hydrogen-bond donors (Lipinski definition) is 0. The minimum atomic E-state index is 0.720. The zero-order valence-electron chi connectivity index (χ0n) is 7.77. The second-order valence-electron chi connectivity index (χ2n) is 4.65. The average molecular weight is 153 g/mol. The Balaban J connectivity index is 2.13. The molecular weight excluding hydrogens is 134 g/mol. The van der Waals surface area contributed by atoms with Crippen LogP contribution in [0.5, 0.6) is 0 Å². The number of fused-ring (bicyclic) bond motifs is 2. The first-order valence-corrected chi connectivity index (χ1v) is 4.95. The summed E-state index contributed by atoms with van der Waals surface area (Å²) >= 11 is 0. The monoisotopic (exact) mass is 153 g/mol. The summed E-state index contributed by atoms with van der Waals surface area (Å²) in [7, 11) is 0. The van der Waals surface area contributed by atoms with E-state index in [0.29, 0.717) is 0 Å². The zero-order chi connectivity index (χ0) is 7.90. The van der Waals surface area contributed by atoms with E-state index in [4.69, 9.17) is 0 Å². The van der Waals surface area contributed by atoms with Crippen molar-refractivity contribution in [3.05, 3.63) is 0 Å². The molecule has 2 aliphatic rings. The van der Waals surface area contributed by atoms with E-state index in [2.05, 4.69) is 18.7 Å². The van der Waals surface area contributed by atoms with E-state index in [1.807, 2.05) is 0 Å². The Morgan fingerprint density at radius 1 is 1.18 bits per heavy atom. The Morgan fingerprint density at radius 2 is 2.00 bits per heavy atom. The fourth-order valence-corrected chi connectivity index (χ4v) is 2.79. The quantitative estimate of drug-likeness (QED) is 0.558. The molecule has 64 valence electrons. The average Bonchev–Trinajstić information content (AvgIpc) is 2.29. The Hall–Kier alpha value is -0.0400. The Morgan fingerprint density at radius 3 is 2.64 bits per heavy atom. The van der Waals surface area contributed by atoms with Crippen molar-refractivity contribution >= 4 is 0 Å². The number of piperidine rings is 1. The van der Waals surface area contributed by atoms with Crippen LogP contribution in [0.4, 0.5) is 0 Å². The van der Waals surface area contributed by atoms with Crippen LogP contribution in [-0.2, 0) is 0 Å². The molecule has 0 aromatic rings. The third kappa shape index (κ3) is 1.10. The summed E-state index contributed by atoms with van der Waals surface area (Å²) in [5, 5.41) is 0. The lowest BCUT2D eigenvalue weighted by atomic mass is 9.72. The third-order valence-electron chi connectivity index (χ3n) is 3.84. The normalized spacial score (nSPS) is 43.4. The van der Waals surface area contributed by atoms with Crippen molar-refractivity contribution in [2.24, 2.45) is 11.3 Å². The molecule has 2 rings (SSSR count). The molecule has 1 nitrogen and oxygen atoms in total. The van der Waals surface area contributed by atoms with Crippen molar-refractivity contribution in [2.75, 3.05) is 19.6 Å². The van der Waals surface area contributed by atoms with Crippen LogP contribution in [-0.4, -0.2) is 24.5 Å². The lowest BCUT2D eigenvalue weighted by Crippen LogP contribution is -2.37. The molecule has 2 aliphatic heterocycles. The molecule has 11 heavy (non-hydrogen) atoms. The van der Waals surface area contributed by atoms with Gasteiger partial charge in [-0.15, -0.1) is 0 Å². The van der Waals surface area contributed by atoms with E-state index in [1.54, 1.807) is 0 Å². The summed E-state index contributed by atoms with van der Waals surface area (Å²) < 4.78 is 0. The second-order valence-corrected chi connectivity index (χ2v) is 4.65. The number of nitrogens with zero attached hydrogens (tertiary/aromatic N) is 1. The van der Waals surface area contributed by atoms with Crippen LogP contribution in [0.3, 0.4) is 0 Å². The molecule has 0 aromatic heterocycles. The lowest BCUT2D eigenvalue weighted by Gasteiger charge is -2.37. The predicted octanol–water partition coefficient (Wildman–Crippen LogP) is 2.13. The molecular formula is C10H19N. The molecule has 2 bridgehead atoms. The van der Waals surface area contributed by atoms with E-state index >= 15 is 0 Å². The molecule has 2 saturated heterocycles. The lowest BCUT2D eigenvalue weighted by molar-refractivity contribution is 0.128. The van der Waals surface area contributed by atoms with Crippen LogP contribution >= 0.6 is 0 Å². The second kappa shape index (κ2) is 2.48. The Labute approximate surface area is 69.8 Å². The molecule has 2 fully saturated rings. The fraction of sp³-hybridized carbons (Fsp3) is 1.00. The maximum Gasteiger partial charge on any atom is 0.00409 e. The molecule has 0 N–H and O–H groups in total. The van der Waals surface area contributed by atoms with E-state index in [0.717, 1.165) is 11.3 Å². The van der Waals surface area contributed by atoms with Gasteiger partial charge in [0.1, 0.15) is 0 Å². The van der Waals surface area contributed by atoms with Crippen LogP contribution in [0.1, 0.15) is 33.1 Å². The number of hydrogen-bond acceptors (Lipinski definition) is 1. The van der Waals surface area contributed by atoms with Crippen molar-refractivity contribution in [2.45, 2.75) is 33.1 Å². The van der Waals surface area contributed by atoms with E-state index in [9.17, 15) is 0 Å². The molecule has 0 saturated carbocycles. The van der Waals surface area contributed by atoms with E-state index in [-0.39, 0.29) is 0 Å². The molecule has 0 amide bonds. The first-order chi connectivity index (χ1) is 5.23. The van der Waals surface area contributed by atoms with Crippen molar-refractivity contribution < 1.29 is 0 Å². The summed E-state index contributed by atoms with van der Waals surface area (Å²) in [6, 6.07) is 0. The summed E-state index contributed by atoms with van der Waals surface area (Å²) in [5.41, 5.74) is 0.720. The van der Waals surface area contributed by atoms with Crippen molar-refractivity contribution in [1.29, 1.82) is 0 Å². The van der Waals surface area contributed by atoms with Gasteiger partial charge >= 0.3 is 0 Å². The van der Waals surface area contributed by atoms with Gasteiger partial charge in [0.25, 0.3) is 0 Å². The van der Waals surface area contributed by atoms with Crippen LogP contribution < -0.4 is 0 Å². The van der Waals surface area contributed by atoms with Crippen molar-refractivity contribution in [3.8, 4) is 0 Å². The maximum absolute atomic E-state index is 2.64. The van der Waals surface area contributed by atoms with Gasteiger partial charge in [0, 0.05) is 6.54 Å². The molecule has 0 aliphatic carbocycles. The third-order valence-corrected chi connectivity index (χ3v) is 3.84. The van der Waals surface area contributed by atoms with Crippen LogP contribution in [0.15, 0.2) is 0 Å². The van der Waals surface area contributed by atoms with Crippen molar-refractivity contribution in [3.63, 3.8) is 0 Å². The summed E-state index contributed by atoms with van der Waals surface area (Å²) in [5.74, 6) is 0.896. The van der Waals surface area contributed by atoms with Gasteiger partial charge in [0.15, 0.2) is 0 Å². The topological polar surface area (TPSA) is 3.24 Å². The highest BCUT2D eigenvalue weighted by atomic mass is 15.2. The molecule has 0 spiro atoms. The highest BCUT2D eigenvalue weighted by molar-refractivity contribution is 4.95. The highest BCUT2D eigenvalue weighted by Crippen LogP contribution is 2.44. The van der Waals surface area contributed by atoms with Gasteiger partial charge in [-0.25, -0.2) is 0 Å². The summed E-state index contributed by atoms with van der Waals surface area (Å²) in [6.07, 6.45) is 4.39. The molecule has 2 unspecified atom stereocenters. The Bertz CT molecular complexity index is 149. The Kier molecular flexibility index (Phi) is 1.71. The summed E-state index contributed by atoms with van der Waals surface area (Å²) in [6.45, 7) is 8.93. The molecule has 0 aromatic carbocycles. The number of rotatable bonds is 1. The summed E-state index contributed by atoms with van der Waals surface area (Å²) in [4.78, 5) is 2.64. The van der Waals surface area contributed by atoms with Crippen LogP contribution in [0.25, 0.3) is 0 Å². The standard InChI is InChI=1S/C10H19N/c1-9(2)10-4-3-6-11(8-10)7-5-10/h9H,3-8H2,1-2H3. The van der Waals surface area contributed by atoms with Gasteiger partial charge in [-0.05, 0) is 43.7 Å². The minimum Gasteiger partial charge on any atom is -0.303 e. The maximum atomic E-state index is 2.64. The van der Waals surface area contributed by atoms with Gasteiger partial charge in [0.05, 0.1) is 0 Å². The van der Waals surface area contributed by atoms with Gasteiger partial charge in [0.2, 0.25) is 0 Å². The minimum absolute atomic E-state index is 0.720. The first-order valence-electron chi connectivity index (χ1n) is 4.95. The molecule has 0 radical (unpaired) electrons. The zero-order valence-corrected chi connectivity index (χ0v) is 7.77. The largest absolute Gasteiger partial charge is 0.303 e. The van der Waals surface area contributed by atoms with Gasteiger partial charge in [-0.2, -0.15) is 0 Å². The van der Waals surface area contributed by atoms with Crippen LogP contribution in [0, 0.1) is 11.3 Å². The molecule has 2 atom stereocenters. The molecule has 2 heterocycles. The van der Waals surface area contributed by atoms with Crippen molar-refractivity contribution in [1.82, 2.24) is 4.90 Å². The van der Waals surface area contributed by atoms with E-state index < -0.39 is 0 Å². The van der Waals surface area contributed by atoms with Gasteiger partial charge in [-0.3, -0.25) is 0 Å². The van der Waals surface area contributed by atoms with Crippen LogP contribution in [0.2, 0.25) is 0 Å². The molecule has 1 heteroatoms.